The maximum atomic E-state index is 15.0. The van der Waals surface area contributed by atoms with E-state index in [4.69, 9.17) is 4.74 Å². The molecule has 8 nitrogen and oxygen atoms in total. The second-order valence-electron chi connectivity index (χ2n) is 8.52. The van der Waals surface area contributed by atoms with Crippen molar-refractivity contribution in [2.45, 2.75) is 36.5 Å². The highest BCUT2D eigenvalue weighted by Crippen LogP contribution is 2.29. The molecule has 0 aromatic carbocycles. The van der Waals surface area contributed by atoms with Crippen molar-refractivity contribution in [2.24, 2.45) is 0 Å². The van der Waals surface area contributed by atoms with Crippen molar-refractivity contribution in [3.05, 3.63) is 47.8 Å². The van der Waals surface area contributed by atoms with Crippen LogP contribution >= 0.6 is 11.8 Å². The minimum absolute atomic E-state index is 0.0408. The standard InChI is InChI=1S/C24H27FN6O2S/c1-33-22-5-3-19-23(30-22)15(6-9-26-19)7-10-31-11-8-18(17(25)13-31)27-12-16-2-4-20-24(28-16)29-21(32)14-34-20/h2-6,9,17-18,27H,7-8,10-14H2,1H3,(H,28,29,32)/t17-,18+/m0/s1. The Labute approximate surface area is 201 Å². The summed E-state index contributed by atoms with van der Waals surface area (Å²) in [6, 6.07) is 9.36. The van der Waals surface area contributed by atoms with Gasteiger partial charge in [0.1, 0.15) is 12.0 Å². The number of ether oxygens (including phenoxy) is 1. The van der Waals surface area contributed by atoms with Crippen LogP contribution in [-0.2, 0) is 17.8 Å². The molecule has 178 valence electrons. The maximum Gasteiger partial charge on any atom is 0.235 e. The van der Waals surface area contributed by atoms with Gasteiger partial charge in [-0.1, -0.05) is 0 Å². The van der Waals surface area contributed by atoms with Crippen LogP contribution in [0.25, 0.3) is 11.0 Å². The van der Waals surface area contributed by atoms with E-state index in [0.29, 0.717) is 30.5 Å². The third kappa shape index (κ3) is 5.13. The van der Waals surface area contributed by atoms with E-state index in [-0.39, 0.29) is 11.9 Å². The Hall–Kier alpha value is -2.82. The van der Waals surface area contributed by atoms with E-state index in [0.717, 1.165) is 53.1 Å². The van der Waals surface area contributed by atoms with Gasteiger partial charge in [-0.05, 0) is 49.2 Å². The van der Waals surface area contributed by atoms with Crippen LogP contribution in [0.3, 0.4) is 0 Å². The molecule has 0 spiro atoms. The normalized spacial score (nSPS) is 20.7. The minimum atomic E-state index is -0.964. The smallest absolute Gasteiger partial charge is 0.235 e. The van der Waals surface area contributed by atoms with Crippen LogP contribution < -0.4 is 15.4 Å². The number of alkyl halides is 1. The van der Waals surface area contributed by atoms with Crippen LogP contribution in [-0.4, -0.2) is 70.5 Å². The number of nitrogens with zero attached hydrogens (tertiary/aromatic N) is 4. The Morgan fingerprint density at radius 3 is 3.03 bits per heavy atom. The number of nitrogens with one attached hydrogen (secondary N) is 2. The van der Waals surface area contributed by atoms with Crippen molar-refractivity contribution in [2.75, 3.05) is 37.8 Å². The lowest BCUT2D eigenvalue weighted by Gasteiger charge is -2.35. The monoisotopic (exact) mass is 482 g/mol. The fourth-order valence-electron chi connectivity index (χ4n) is 4.39. The minimum Gasteiger partial charge on any atom is -0.481 e. The van der Waals surface area contributed by atoms with Crippen molar-refractivity contribution in [3.8, 4) is 5.88 Å². The summed E-state index contributed by atoms with van der Waals surface area (Å²) in [7, 11) is 1.60. The molecule has 1 fully saturated rings. The first-order valence-electron chi connectivity index (χ1n) is 11.4. The average molecular weight is 483 g/mol. The molecule has 10 heteroatoms. The highest BCUT2D eigenvalue weighted by atomic mass is 32.2. The van der Waals surface area contributed by atoms with E-state index in [9.17, 15) is 9.18 Å². The van der Waals surface area contributed by atoms with Crippen molar-refractivity contribution in [1.82, 2.24) is 25.2 Å². The number of thioether (sulfide) groups is 1. The van der Waals surface area contributed by atoms with Crippen LogP contribution in [0.5, 0.6) is 5.88 Å². The molecule has 0 aliphatic carbocycles. The summed E-state index contributed by atoms with van der Waals surface area (Å²) in [4.78, 5) is 28.2. The first kappa shape index (κ1) is 22.9. The summed E-state index contributed by atoms with van der Waals surface area (Å²) in [5.41, 5.74) is 3.55. The topological polar surface area (TPSA) is 92.3 Å². The van der Waals surface area contributed by atoms with Crippen molar-refractivity contribution in [3.63, 3.8) is 0 Å². The third-order valence-corrected chi connectivity index (χ3v) is 7.30. The largest absolute Gasteiger partial charge is 0.481 e. The fraction of sp³-hybridized carbons (Fsp3) is 0.417. The number of hydrogen-bond acceptors (Lipinski definition) is 8. The third-order valence-electron chi connectivity index (χ3n) is 6.25. The molecule has 1 saturated heterocycles. The van der Waals surface area contributed by atoms with Gasteiger partial charge in [0.15, 0.2) is 0 Å². The van der Waals surface area contributed by atoms with Gasteiger partial charge in [-0.3, -0.25) is 14.7 Å². The molecule has 0 bridgehead atoms. The Kier molecular flexibility index (Phi) is 6.89. The summed E-state index contributed by atoms with van der Waals surface area (Å²) in [5.74, 6) is 1.53. The molecule has 0 radical (unpaired) electrons. The van der Waals surface area contributed by atoms with Gasteiger partial charge >= 0.3 is 0 Å². The molecular weight excluding hydrogens is 455 g/mol. The maximum absolute atomic E-state index is 15.0. The number of pyridine rings is 3. The fourth-order valence-corrected chi connectivity index (χ4v) is 5.15. The van der Waals surface area contributed by atoms with E-state index in [2.05, 4.69) is 30.5 Å². The number of anilines is 1. The molecule has 3 aromatic heterocycles. The second-order valence-corrected chi connectivity index (χ2v) is 9.54. The predicted octanol–water partition coefficient (Wildman–Crippen LogP) is 2.82. The van der Waals surface area contributed by atoms with Gasteiger partial charge in [0, 0.05) is 37.9 Å². The van der Waals surface area contributed by atoms with Gasteiger partial charge < -0.3 is 15.4 Å². The van der Waals surface area contributed by atoms with E-state index in [1.807, 2.05) is 24.3 Å². The molecule has 0 unspecified atom stereocenters. The lowest BCUT2D eigenvalue weighted by atomic mass is 10.0. The molecule has 2 atom stereocenters. The molecule has 3 aromatic rings. The van der Waals surface area contributed by atoms with Crippen molar-refractivity contribution < 1.29 is 13.9 Å². The zero-order valence-electron chi connectivity index (χ0n) is 19.0. The van der Waals surface area contributed by atoms with Gasteiger partial charge in [0.2, 0.25) is 11.8 Å². The van der Waals surface area contributed by atoms with E-state index in [1.165, 1.54) is 11.8 Å². The molecule has 34 heavy (non-hydrogen) atoms. The Balaban J connectivity index is 1.14. The van der Waals surface area contributed by atoms with Crippen molar-refractivity contribution >= 4 is 34.5 Å². The SMILES string of the molecule is COc1ccc2nccc(CCN3CC[C@@H](NCc4ccc5c(n4)NC(=O)CS5)[C@@H](F)C3)c2n1. The highest BCUT2D eigenvalue weighted by Gasteiger charge is 2.29. The van der Waals surface area contributed by atoms with Gasteiger partial charge in [-0.2, -0.15) is 0 Å². The Bertz CT molecular complexity index is 1200. The van der Waals surface area contributed by atoms with Crippen LogP contribution in [0.4, 0.5) is 10.2 Å². The molecule has 5 heterocycles. The number of hydrogen-bond donors (Lipinski definition) is 2. The number of rotatable bonds is 7. The zero-order valence-corrected chi connectivity index (χ0v) is 19.8. The number of fused-ring (bicyclic) bond motifs is 2. The van der Waals surface area contributed by atoms with Crippen LogP contribution in [0.2, 0.25) is 0 Å². The zero-order chi connectivity index (χ0) is 23.5. The van der Waals surface area contributed by atoms with Crippen LogP contribution in [0.15, 0.2) is 41.4 Å². The lowest BCUT2D eigenvalue weighted by molar-refractivity contribution is -0.113. The molecule has 2 aliphatic rings. The molecule has 5 rings (SSSR count). The number of carbonyl (C=O) groups is 1. The van der Waals surface area contributed by atoms with Gasteiger partial charge in [0.05, 0.1) is 34.5 Å². The lowest BCUT2D eigenvalue weighted by Crippen LogP contribution is -2.51. The van der Waals surface area contributed by atoms with Gasteiger partial charge in [-0.25, -0.2) is 14.4 Å². The van der Waals surface area contributed by atoms with Gasteiger partial charge in [0.25, 0.3) is 0 Å². The molecule has 2 N–H and O–H groups in total. The summed E-state index contributed by atoms with van der Waals surface area (Å²) >= 11 is 1.48. The van der Waals surface area contributed by atoms with Crippen LogP contribution in [0.1, 0.15) is 17.7 Å². The summed E-state index contributed by atoms with van der Waals surface area (Å²) in [6.07, 6.45) is 2.32. The number of halogens is 1. The second kappa shape index (κ2) is 10.2. The first-order chi connectivity index (χ1) is 16.6. The van der Waals surface area contributed by atoms with E-state index < -0.39 is 6.17 Å². The summed E-state index contributed by atoms with van der Waals surface area (Å²) in [5, 5.41) is 6.12. The number of carbonyl (C=O) groups excluding carboxylic acids is 1. The highest BCUT2D eigenvalue weighted by molar-refractivity contribution is 8.00. The van der Waals surface area contributed by atoms with E-state index >= 15 is 0 Å². The number of methoxy groups -OCH3 is 1. The quantitative estimate of drug-likeness (QED) is 0.531. The van der Waals surface area contributed by atoms with Crippen molar-refractivity contribution in [1.29, 1.82) is 0 Å². The summed E-state index contributed by atoms with van der Waals surface area (Å²) in [6.45, 7) is 2.44. The molecule has 0 saturated carbocycles. The van der Waals surface area contributed by atoms with Crippen LogP contribution in [0, 0.1) is 0 Å². The Morgan fingerprint density at radius 2 is 2.18 bits per heavy atom. The van der Waals surface area contributed by atoms with E-state index in [1.54, 1.807) is 19.4 Å². The summed E-state index contributed by atoms with van der Waals surface area (Å²) < 4.78 is 20.2. The number of likely N-dealkylation sites (tertiary alicyclic amines) is 1. The predicted molar refractivity (Wildman–Crippen MR) is 130 cm³/mol. The number of aromatic nitrogens is 3. The first-order valence-corrected chi connectivity index (χ1v) is 12.4. The molecular formula is C24H27FN6O2S. The van der Waals surface area contributed by atoms with Gasteiger partial charge in [-0.15, -0.1) is 11.8 Å². The average Bonchev–Trinajstić information content (AvgIpc) is 2.86. The molecule has 1 amide bonds. The number of piperidine rings is 1. The Morgan fingerprint density at radius 1 is 1.26 bits per heavy atom. The number of amides is 1. The molecule has 2 aliphatic heterocycles.